The van der Waals surface area contributed by atoms with Crippen molar-refractivity contribution in [3.05, 3.63) is 29.8 Å². The van der Waals surface area contributed by atoms with Crippen molar-refractivity contribution < 1.29 is 9.53 Å². The monoisotopic (exact) mass is 245 g/mol. The van der Waals surface area contributed by atoms with Gasteiger partial charge in [-0.25, -0.2) is 4.79 Å². The van der Waals surface area contributed by atoms with Gasteiger partial charge in [-0.15, -0.1) is 0 Å². The molecular formula is C15H19NO2. The predicted molar refractivity (Wildman–Crippen MR) is 73.5 cm³/mol. The van der Waals surface area contributed by atoms with Crippen LogP contribution in [0, 0.1) is 18.8 Å². The SMILES string of the molecule is CCCN(CC#CC(=O)OC)c1cccc(C)c1. The van der Waals surface area contributed by atoms with Crippen LogP contribution in [-0.4, -0.2) is 26.2 Å². The number of benzene rings is 1. The van der Waals surface area contributed by atoms with Crippen molar-refractivity contribution in [1.29, 1.82) is 0 Å². The van der Waals surface area contributed by atoms with Crippen LogP contribution in [-0.2, 0) is 9.53 Å². The lowest BCUT2D eigenvalue weighted by Crippen LogP contribution is -2.24. The van der Waals surface area contributed by atoms with E-state index in [0.29, 0.717) is 6.54 Å². The van der Waals surface area contributed by atoms with Crippen LogP contribution in [0.3, 0.4) is 0 Å². The number of hydrogen-bond donors (Lipinski definition) is 0. The van der Waals surface area contributed by atoms with E-state index in [0.717, 1.165) is 18.7 Å². The van der Waals surface area contributed by atoms with Crippen LogP contribution in [0.15, 0.2) is 24.3 Å². The van der Waals surface area contributed by atoms with Gasteiger partial charge in [0.2, 0.25) is 0 Å². The van der Waals surface area contributed by atoms with Crippen LogP contribution in [0.2, 0.25) is 0 Å². The minimum absolute atomic E-state index is 0.490. The number of anilines is 1. The lowest BCUT2D eigenvalue weighted by Gasteiger charge is -2.22. The molecule has 96 valence electrons. The van der Waals surface area contributed by atoms with Crippen molar-refractivity contribution in [3.63, 3.8) is 0 Å². The van der Waals surface area contributed by atoms with Gasteiger partial charge >= 0.3 is 5.97 Å². The van der Waals surface area contributed by atoms with E-state index in [9.17, 15) is 4.79 Å². The summed E-state index contributed by atoms with van der Waals surface area (Å²) in [6.45, 7) is 5.63. The summed E-state index contributed by atoms with van der Waals surface area (Å²) < 4.78 is 4.49. The van der Waals surface area contributed by atoms with E-state index in [1.54, 1.807) is 0 Å². The Morgan fingerprint density at radius 2 is 2.22 bits per heavy atom. The summed E-state index contributed by atoms with van der Waals surface area (Å²) in [4.78, 5) is 13.1. The molecule has 1 aromatic carbocycles. The Morgan fingerprint density at radius 3 is 2.83 bits per heavy atom. The van der Waals surface area contributed by atoms with E-state index < -0.39 is 5.97 Å². The molecule has 0 atom stereocenters. The van der Waals surface area contributed by atoms with E-state index in [-0.39, 0.29) is 0 Å². The first kappa shape index (κ1) is 14.1. The number of methoxy groups -OCH3 is 1. The molecule has 0 amide bonds. The molecule has 0 aliphatic carbocycles. The van der Waals surface area contributed by atoms with Gasteiger partial charge in [0.25, 0.3) is 0 Å². The fourth-order valence-electron chi connectivity index (χ4n) is 1.65. The number of hydrogen-bond acceptors (Lipinski definition) is 3. The molecule has 3 nitrogen and oxygen atoms in total. The van der Waals surface area contributed by atoms with Gasteiger partial charge in [0, 0.05) is 18.2 Å². The Kier molecular flexibility index (Phi) is 5.79. The number of carbonyl (C=O) groups excluding carboxylic acids is 1. The molecule has 0 heterocycles. The average Bonchev–Trinajstić information content (AvgIpc) is 2.37. The second-order valence-electron chi connectivity index (χ2n) is 4.05. The molecule has 3 heteroatoms. The van der Waals surface area contributed by atoms with Gasteiger partial charge in [-0.05, 0) is 31.0 Å². The molecule has 18 heavy (non-hydrogen) atoms. The maximum Gasteiger partial charge on any atom is 0.384 e. The highest BCUT2D eigenvalue weighted by Crippen LogP contribution is 2.15. The Balaban J connectivity index is 2.76. The maximum atomic E-state index is 10.9. The first-order chi connectivity index (χ1) is 8.67. The van der Waals surface area contributed by atoms with Crippen LogP contribution in [0.1, 0.15) is 18.9 Å². The van der Waals surface area contributed by atoms with E-state index in [4.69, 9.17) is 0 Å². The highest BCUT2D eigenvalue weighted by atomic mass is 16.5. The van der Waals surface area contributed by atoms with Gasteiger partial charge < -0.3 is 9.64 Å². The van der Waals surface area contributed by atoms with Crippen molar-refractivity contribution in [3.8, 4) is 11.8 Å². The molecule has 0 aliphatic heterocycles. The molecule has 0 N–H and O–H groups in total. The van der Waals surface area contributed by atoms with Crippen molar-refractivity contribution >= 4 is 11.7 Å². The summed E-state index contributed by atoms with van der Waals surface area (Å²) in [5.74, 6) is 4.80. The van der Waals surface area contributed by atoms with Gasteiger partial charge in [0.15, 0.2) is 0 Å². The number of aryl methyl sites for hydroxylation is 1. The number of ether oxygens (including phenoxy) is 1. The summed E-state index contributed by atoms with van der Waals surface area (Å²) in [5, 5.41) is 0. The minimum atomic E-state index is -0.490. The van der Waals surface area contributed by atoms with E-state index in [1.807, 2.05) is 6.07 Å². The molecule has 0 unspecified atom stereocenters. The normalized spacial score (nSPS) is 9.28. The Hall–Kier alpha value is -1.95. The number of rotatable bonds is 4. The van der Waals surface area contributed by atoms with Gasteiger partial charge in [0.1, 0.15) is 0 Å². The van der Waals surface area contributed by atoms with Gasteiger partial charge in [0.05, 0.1) is 13.7 Å². The Labute approximate surface area is 109 Å². The maximum absolute atomic E-state index is 10.9. The molecule has 1 rings (SSSR count). The number of esters is 1. The number of carbonyl (C=O) groups is 1. The van der Waals surface area contributed by atoms with Crippen LogP contribution in [0.5, 0.6) is 0 Å². The Bertz CT molecular complexity index is 457. The van der Waals surface area contributed by atoms with Crippen molar-refractivity contribution in [2.75, 3.05) is 25.1 Å². The molecular weight excluding hydrogens is 226 g/mol. The summed E-state index contributed by atoms with van der Waals surface area (Å²) >= 11 is 0. The largest absolute Gasteiger partial charge is 0.459 e. The van der Waals surface area contributed by atoms with Crippen molar-refractivity contribution in [2.45, 2.75) is 20.3 Å². The first-order valence-electron chi connectivity index (χ1n) is 6.05. The van der Waals surface area contributed by atoms with E-state index in [2.05, 4.69) is 53.5 Å². The third-order valence-electron chi connectivity index (χ3n) is 2.51. The van der Waals surface area contributed by atoms with Gasteiger partial charge in [-0.2, -0.15) is 0 Å². The predicted octanol–water partition coefficient (Wildman–Crippen LogP) is 2.39. The molecule has 0 bridgehead atoms. The van der Waals surface area contributed by atoms with Crippen LogP contribution in [0.25, 0.3) is 0 Å². The summed E-state index contributed by atoms with van der Waals surface area (Å²) in [6.07, 6.45) is 1.04. The molecule has 0 saturated carbocycles. The topological polar surface area (TPSA) is 29.5 Å². The van der Waals surface area contributed by atoms with E-state index in [1.165, 1.54) is 12.7 Å². The Morgan fingerprint density at radius 1 is 1.44 bits per heavy atom. The van der Waals surface area contributed by atoms with Gasteiger partial charge in [-0.1, -0.05) is 25.0 Å². The molecule has 0 spiro atoms. The fourth-order valence-corrected chi connectivity index (χ4v) is 1.65. The van der Waals surface area contributed by atoms with Gasteiger partial charge in [-0.3, -0.25) is 0 Å². The minimum Gasteiger partial charge on any atom is -0.459 e. The van der Waals surface area contributed by atoms with Crippen LogP contribution >= 0.6 is 0 Å². The second-order valence-corrected chi connectivity index (χ2v) is 4.05. The van der Waals surface area contributed by atoms with Crippen molar-refractivity contribution in [2.24, 2.45) is 0 Å². The molecule has 0 fully saturated rings. The summed E-state index contributed by atoms with van der Waals surface area (Å²) in [6, 6.07) is 8.27. The fraction of sp³-hybridized carbons (Fsp3) is 0.400. The lowest BCUT2D eigenvalue weighted by atomic mass is 10.2. The molecule has 0 saturated heterocycles. The first-order valence-corrected chi connectivity index (χ1v) is 6.05. The molecule has 0 radical (unpaired) electrons. The smallest absolute Gasteiger partial charge is 0.384 e. The zero-order valence-corrected chi connectivity index (χ0v) is 11.2. The zero-order chi connectivity index (χ0) is 13.4. The average molecular weight is 245 g/mol. The zero-order valence-electron chi connectivity index (χ0n) is 11.2. The molecule has 1 aromatic rings. The summed E-state index contributed by atoms with van der Waals surface area (Å²) in [7, 11) is 1.33. The molecule has 0 aromatic heterocycles. The van der Waals surface area contributed by atoms with E-state index >= 15 is 0 Å². The third kappa shape index (κ3) is 4.50. The number of nitrogens with zero attached hydrogens (tertiary/aromatic N) is 1. The quantitative estimate of drug-likeness (QED) is 0.463. The standard InChI is InChI=1S/C15H19NO2/c1-4-10-16(11-6-9-15(17)18-3)14-8-5-7-13(2)12-14/h5,7-8,12H,4,10-11H2,1-3H3. The third-order valence-corrected chi connectivity index (χ3v) is 2.51. The summed E-state index contributed by atoms with van der Waals surface area (Å²) in [5.41, 5.74) is 2.35. The van der Waals surface area contributed by atoms with Crippen LogP contribution < -0.4 is 4.90 Å². The van der Waals surface area contributed by atoms with Crippen molar-refractivity contribution in [1.82, 2.24) is 0 Å². The molecule has 0 aliphatic rings. The van der Waals surface area contributed by atoms with Crippen LogP contribution in [0.4, 0.5) is 5.69 Å². The highest BCUT2D eigenvalue weighted by molar-refractivity contribution is 5.88. The highest BCUT2D eigenvalue weighted by Gasteiger charge is 2.03. The lowest BCUT2D eigenvalue weighted by molar-refractivity contribution is -0.133. The second kappa shape index (κ2) is 7.39.